The average Bonchev–Trinajstić information content (AvgIpc) is 2.53. The fourth-order valence-electron chi connectivity index (χ4n) is 2.10. The summed E-state index contributed by atoms with van der Waals surface area (Å²) in [5, 5.41) is 6.69. The van der Waals surface area contributed by atoms with E-state index in [1.807, 2.05) is 7.05 Å². The van der Waals surface area contributed by atoms with Crippen LogP contribution >= 0.6 is 0 Å². The second-order valence-electron chi connectivity index (χ2n) is 5.24. The summed E-state index contributed by atoms with van der Waals surface area (Å²) in [6, 6.07) is 10.5. The fourth-order valence-corrected chi connectivity index (χ4v) is 2.10. The van der Waals surface area contributed by atoms with Crippen molar-refractivity contribution in [1.29, 1.82) is 0 Å². The standard InChI is InChI=1S/C17H30N4/c1-4-5-13-19-17(18-2)20-14-9-10-15-21(3)16-11-7-6-8-12-16/h6-8,11-12H,4-5,9-10,13-15H2,1-3H3,(H2,18,19,20). The van der Waals surface area contributed by atoms with Crippen molar-refractivity contribution >= 4 is 11.6 Å². The summed E-state index contributed by atoms with van der Waals surface area (Å²) in [5.41, 5.74) is 1.28. The number of nitrogens with one attached hydrogen (secondary N) is 2. The average molecular weight is 290 g/mol. The molecule has 0 aliphatic heterocycles. The number of hydrogen-bond donors (Lipinski definition) is 2. The van der Waals surface area contributed by atoms with E-state index in [0.717, 1.165) is 32.0 Å². The molecule has 0 aliphatic carbocycles. The van der Waals surface area contributed by atoms with Crippen LogP contribution in [0.3, 0.4) is 0 Å². The highest BCUT2D eigenvalue weighted by molar-refractivity contribution is 5.79. The molecular weight excluding hydrogens is 260 g/mol. The van der Waals surface area contributed by atoms with E-state index in [4.69, 9.17) is 0 Å². The zero-order valence-electron chi connectivity index (χ0n) is 13.7. The third-order valence-electron chi connectivity index (χ3n) is 3.46. The lowest BCUT2D eigenvalue weighted by atomic mass is 10.2. The largest absolute Gasteiger partial charge is 0.375 e. The normalized spacial score (nSPS) is 11.3. The molecule has 2 N–H and O–H groups in total. The number of benzene rings is 1. The summed E-state index contributed by atoms with van der Waals surface area (Å²) in [4.78, 5) is 6.52. The first kappa shape index (κ1) is 17.3. The number of unbranched alkanes of at least 4 members (excludes halogenated alkanes) is 2. The van der Waals surface area contributed by atoms with Gasteiger partial charge in [0.1, 0.15) is 0 Å². The lowest BCUT2D eigenvalue weighted by Crippen LogP contribution is -2.38. The first-order valence-corrected chi connectivity index (χ1v) is 7.98. The number of anilines is 1. The molecular formula is C17H30N4. The van der Waals surface area contributed by atoms with Gasteiger partial charge in [0.2, 0.25) is 0 Å². The van der Waals surface area contributed by atoms with Crippen molar-refractivity contribution < 1.29 is 0 Å². The first-order valence-electron chi connectivity index (χ1n) is 7.98. The second-order valence-corrected chi connectivity index (χ2v) is 5.24. The number of nitrogens with zero attached hydrogens (tertiary/aromatic N) is 2. The summed E-state index contributed by atoms with van der Waals surface area (Å²) in [6.07, 6.45) is 4.70. The molecule has 0 aromatic heterocycles. The lowest BCUT2D eigenvalue weighted by Gasteiger charge is -2.19. The van der Waals surface area contributed by atoms with E-state index in [1.54, 1.807) is 0 Å². The third kappa shape index (κ3) is 7.59. The van der Waals surface area contributed by atoms with Crippen molar-refractivity contribution in [3.63, 3.8) is 0 Å². The molecule has 0 fully saturated rings. The van der Waals surface area contributed by atoms with Gasteiger partial charge in [-0.05, 0) is 31.4 Å². The van der Waals surface area contributed by atoms with Gasteiger partial charge in [0.25, 0.3) is 0 Å². The minimum absolute atomic E-state index is 0.917. The van der Waals surface area contributed by atoms with Crippen molar-refractivity contribution in [1.82, 2.24) is 10.6 Å². The van der Waals surface area contributed by atoms with Gasteiger partial charge in [-0.25, -0.2) is 0 Å². The Kier molecular flexibility index (Phi) is 9.09. The number of aliphatic imine (C=N–C) groups is 1. The Hall–Kier alpha value is -1.71. The molecule has 0 amide bonds. The molecule has 21 heavy (non-hydrogen) atoms. The summed E-state index contributed by atoms with van der Waals surface area (Å²) in [6.45, 7) is 5.23. The van der Waals surface area contributed by atoms with Gasteiger partial charge in [-0.15, -0.1) is 0 Å². The maximum atomic E-state index is 4.22. The van der Waals surface area contributed by atoms with Gasteiger partial charge < -0.3 is 15.5 Å². The molecule has 118 valence electrons. The number of rotatable bonds is 9. The molecule has 4 nitrogen and oxygen atoms in total. The van der Waals surface area contributed by atoms with Crippen LogP contribution in [0.15, 0.2) is 35.3 Å². The van der Waals surface area contributed by atoms with Crippen LogP contribution in [-0.4, -0.2) is 39.7 Å². The molecule has 0 radical (unpaired) electrons. The maximum absolute atomic E-state index is 4.22. The van der Waals surface area contributed by atoms with Crippen molar-refractivity contribution in [2.75, 3.05) is 38.6 Å². The van der Waals surface area contributed by atoms with Gasteiger partial charge >= 0.3 is 0 Å². The molecule has 4 heteroatoms. The molecule has 1 aromatic carbocycles. The quantitative estimate of drug-likeness (QED) is 0.417. The summed E-state index contributed by atoms with van der Waals surface area (Å²) in [5.74, 6) is 0.917. The van der Waals surface area contributed by atoms with Crippen LogP contribution in [-0.2, 0) is 0 Å². The van der Waals surface area contributed by atoms with E-state index in [2.05, 4.69) is 64.8 Å². The van der Waals surface area contributed by atoms with E-state index in [0.29, 0.717) is 0 Å². The molecule has 1 aromatic rings. The Morgan fingerprint density at radius 3 is 2.33 bits per heavy atom. The van der Waals surface area contributed by atoms with Crippen LogP contribution in [0.5, 0.6) is 0 Å². The van der Waals surface area contributed by atoms with Crippen molar-refractivity contribution in [3.05, 3.63) is 30.3 Å². The van der Waals surface area contributed by atoms with E-state index in [9.17, 15) is 0 Å². The van der Waals surface area contributed by atoms with Gasteiger partial charge in [0.15, 0.2) is 5.96 Å². The predicted molar refractivity (Wildman–Crippen MR) is 93.2 cm³/mol. The van der Waals surface area contributed by atoms with Crippen molar-refractivity contribution in [2.24, 2.45) is 4.99 Å². The summed E-state index contributed by atoms with van der Waals surface area (Å²) in [7, 11) is 3.97. The molecule has 0 atom stereocenters. The number of hydrogen-bond acceptors (Lipinski definition) is 2. The summed E-state index contributed by atoms with van der Waals surface area (Å²) < 4.78 is 0. The number of guanidine groups is 1. The van der Waals surface area contributed by atoms with Gasteiger partial charge in [0.05, 0.1) is 0 Å². The van der Waals surface area contributed by atoms with Crippen LogP contribution in [0.4, 0.5) is 5.69 Å². The van der Waals surface area contributed by atoms with Crippen LogP contribution in [0, 0.1) is 0 Å². The van der Waals surface area contributed by atoms with Crippen LogP contribution in [0.25, 0.3) is 0 Å². The molecule has 0 aliphatic rings. The Labute approximate surface area is 129 Å². The lowest BCUT2D eigenvalue weighted by molar-refractivity contribution is 0.678. The van der Waals surface area contributed by atoms with Crippen LogP contribution in [0.2, 0.25) is 0 Å². The highest BCUT2D eigenvalue weighted by Crippen LogP contribution is 2.11. The molecule has 0 heterocycles. The Balaban J connectivity index is 2.11. The predicted octanol–water partition coefficient (Wildman–Crippen LogP) is 2.87. The smallest absolute Gasteiger partial charge is 0.190 e. The fraction of sp³-hybridized carbons (Fsp3) is 0.588. The van der Waals surface area contributed by atoms with E-state index >= 15 is 0 Å². The van der Waals surface area contributed by atoms with E-state index < -0.39 is 0 Å². The third-order valence-corrected chi connectivity index (χ3v) is 3.46. The van der Waals surface area contributed by atoms with Crippen LogP contribution in [0.1, 0.15) is 32.6 Å². The van der Waals surface area contributed by atoms with Crippen molar-refractivity contribution in [3.8, 4) is 0 Å². The Morgan fingerprint density at radius 1 is 1.05 bits per heavy atom. The molecule has 0 saturated carbocycles. The van der Waals surface area contributed by atoms with Crippen LogP contribution < -0.4 is 15.5 Å². The van der Waals surface area contributed by atoms with Gasteiger partial charge in [-0.3, -0.25) is 4.99 Å². The Bertz CT molecular complexity index is 389. The summed E-state index contributed by atoms with van der Waals surface area (Å²) >= 11 is 0. The van der Waals surface area contributed by atoms with E-state index in [-0.39, 0.29) is 0 Å². The van der Waals surface area contributed by atoms with E-state index in [1.165, 1.54) is 24.9 Å². The number of para-hydroxylation sites is 1. The molecule has 1 rings (SSSR count). The molecule has 0 saturated heterocycles. The van der Waals surface area contributed by atoms with Crippen molar-refractivity contribution in [2.45, 2.75) is 32.6 Å². The minimum Gasteiger partial charge on any atom is -0.375 e. The highest BCUT2D eigenvalue weighted by atomic mass is 15.2. The zero-order chi connectivity index (χ0) is 15.3. The van der Waals surface area contributed by atoms with Gasteiger partial charge in [-0.1, -0.05) is 31.5 Å². The second kappa shape index (κ2) is 11.0. The van der Waals surface area contributed by atoms with Gasteiger partial charge in [-0.2, -0.15) is 0 Å². The SMILES string of the molecule is CCCCNC(=NC)NCCCCN(C)c1ccccc1. The topological polar surface area (TPSA) is 39.7 Å². The molecule has 0 spiro atoms. The maximum Gasteiger partial charge on any atom is 0.190 e. The monoisotopic (exact) mass is 290 g/mol. The molecule has 0 unspecified atom stereocenters. The minimum atomic E-state index is 0.917. The first-order chi connectivity index (χ1) is 10.3. The molecule has 0 bridgehead atoms. The van der Waals surface area contributed by atoms with Gasteiger partial charge in [0, 0.05) is 39.4 Å². The zero-order valence-corrected chi connectivity index (χ0v) is 13.7. The highest BCUT2D eigenvalue weighted by Gasteiger charge is 2.00. The Morgan fingerprint density at radius 2 is 1.71 bits per heavy atom.